The molecule has 8 heteroatoms. The second-order valence-corrected chi connectivity index (χ2v) is 7.65. The molecule has 2 N–H and O–H groups in total. The molecule has 0 bridgehead atoms. The Labute approximate surface area is 155 Å². The first-order chi connectivity index (χ1) is 11.9. The minimum atomic E-state index is -1.18. The average Bonchev–Trinajstić information content (AvgIpc) is 2.57. The van der Waals surface area contributed by atoms with Gasteiger partial charge in [0, 0.05) is 27.3 Å². The predicted octanol–water partition coefficient (Wildman–Crippen LogP) is 2.76. The third-order valence-corrected chi connectivity index (χ3v) is 4.59. The maximum Gasteiger partial charge on any atom is 0.313 e. The fraction of sp³-hybridized carbons (Fsp3) is 0.176. The molecule has 0 heterocycles. The van der Waals surface area contributed by atoms with Crippen LogP contribution in [0.3, 0.4) is 0 Å². The van der Waals surface area contributed by atoms with E-state index in [0.717, 1.165) is 5.56 Å². The summed E-state index contributed by atoms with van der Waals surface area (Å²) in [5.74, 6) is -2.43. The van der Waals surface area contributed by atoms with Crippen LogP contribution in [0.4, 0.5) is 10.1 Å². The van der Waals surface area contributed by atoms with E-state index >= 15 is 0 Å². The summed E-state index contributed by atoms with van der Waals surface area (Å²) in [6.07, 6.45) is 1.51. The first kappa shape index (κ1) is 19.3. The van der Waals surface area contributed by atoms with Gasteiger partial charge in [0.05, 0.1) is 11.7 Å². The fourth-order valence-corrected chi connectivity index (χ4v) is 3.24. The van der Waals surface area contributed by atoms with Crippen LogP contribution in [0.25, 0.3) is 0 Å². The lowest BCUT2D eigenvalue weighted by Crippen LogP contribution is -2.39. The molecular formula is C17H16BrFN2O3S. The van der Waals surface area contributed by atoms with Crippen molar-refractivity contribution >= 4 is 44.2 Å². The Morgan fingerprint density at radius 1 is 1.16 bits per heavy atom. The average molecular weight is 427 g/mol. The molecule has 2 atom stereocenters. The van der Waals surface area contributed by atoms with Gasteiger partial charge in [-0.15, -0.1) is 0 Å². The molecule has 0 unspecified atom stereocenters. The first-order valence-electron chi connectivity index (χ1n) is 7.28. The standard InChI is InChI=1S/C17H16BrFN2O3S/c1-25(24)10-15(11-5-3-2-4-6-11)21-17(23)16(22)20-14-9-12(18)7-8-13(14)19/h2-9,15H,10H2,1H3,(H,20,22)(H,21,23)/t15-,25-/m1/s1. The van der Waals surface area contributed by atoms with Crippen molar-refractivity contribution in [2.45, 2.75) is 6.04 Å². The van der Waals surface area contributed by atoms with Crippen molar-refractivity contribution in [3.05, 3.63) is 64.4 Å². The Bertz CT molecular complexity index is 802. The van der Waals surface area contributed by atoms with Gasteiger partial charge in [0.15, 0.2) is 0 Å². The van der Waals surface area contributed by atoms with Gasteiger partial charge in [0.25, 0.3) is 0 Å². The van der Waals surface area contributed by atoms with Gasteiger partial charge < -0.3 is 10.6 Å². The molecule has 2 amide bonds. The number of amides is 2. The molecular weight excluding hydrogens is 411 g/mol. The van der Waals surface area contributed by atoms with Crippen LogP contribution in [0, 0.1) is 5.82 Å². The van der Waals surface area contributed by atoms with Crippen molar-refractivity contribution in [1.29, 1.82) is 0 Å². The molecule has 0 aliphatic heterocycles. The molecule has 0 saturated heterocycles. The summed E-state index contributed by atoms with van der Waals surface area (Å²) in [4.78, 5) is 24.2. The molecule has 0 saturated carbocycles. The summed E-state index contributed by atoms with van der Waals surface area (Å²) >= 11 is 3.17. The maximum atomic E-state index is 13.7. The lowest BCUT2D eigenvalue weighted by atomic mass is 10.1. The fourth-order valence-electron chi connectivity index (χ4n) is 2.14. The zero-order chi connectivity index (χ0) is 18.4. The highest BCUT2D eigenvalue weighted by Crippen LogP contribution is 2.20. The summed E-state index contributed by atoms with van der Waals surface area (Å²) in [7, 11) is -1.18. The van der Waals surface area contributed by atoms with E-state index in [4.69, 9.17) is 0 Å². The van der Waals surface area contributed by atoms with Crippen LogP contribution in [0.2, 0.25) is 0 Å². The molecule has 0 aromatic heterocycles. The highest BCUT2D eigenvalue weighted by Gasteiger charge is 2.21. The molecule has 5 nitrogen and oxygen atoms in total. The number of anilines is 1. The van der Waals surface area contributed by atoms with Crippen molar-refractivity contribution in [1.82, 2.24) is 5.32 Å². The second-order valence-electron chi connectivity index (χ2n) is 5.25. The third-order valence-electron chi connectivity index (χ3n) is 3.29. The van der Waals surface area contributed by atoms with E-state index in [1.807, 2.05) is 6.07 Å². The van der Waals surface area contributed by atoms with Crippen molar-refractivity contribution in [3.8, 4) is 0 Å². The van der Waals surface area contributed by atoms with Gasteiger partial charge in [-0.2, -0.15) is 0 Å². The Kier molecular flexibility index (Phi) is 6.83. The molecule has 2 aromatic rings. The molecule has 0 radical (unpaired) electrons. The Balaban J connectivity index is 2.10. The highest BCUT2D eigenvalue weighted by atomic mass is 79.9. The quantitative estimate of drug-likeness (QED) is 0.721. The lowest BCUT2D eigenvalue weighted by molar-refractivity contribution is -0.136. The van der Waals surface area contributed by atoms with E-state index in [9.17, 15) is 18.2 Å². The van der Waals surface area contributed by atoms with Gasteiger partial charge in [0.2, 0.25) is 0 Å². The number of carbonyl (C=O) groups excluding carboxylic acids is 2. The Morgan fingerprint density at radius 3 is 2.48 bits per heavy atom. The van der Waals surface area contributed by atoms with Crippen LogP contribution in [0.15, 0.2) is 53.0 Å². The van der Waals surface area contributed by atoms with E-state index in [2.05, 4.69) is 26.6 Å². The Morgan fingerprint density at radius 2 is 1.84 bits per heavy atom. The molecule has 2 rings (SSSR count). The van der Waals surface area contributed by atoms with Crippen molar-refractivity contribution < 1.29 is 18.2 Å². The summed E-state index contributed by atoms with van der Waals surface area (Å²) < 4.78 is 25.8. The summed E-state index contributed by atoms with van der Waals surface area (Å²) in [5, 5.41) is 4.77. The summed E-state index contributed by atoms with van der Waals surface area (Å²) in [6.45, 7) is 0. The molecule has 0 spiro atoms. The number of carbonyl (C=O) groups is 2. The van der Waals surface area contributed by atoms with Crippen LogP contribution in [0.5, 0.6) is 0 Å². The van der Waals surface area contributed by atoms with Crippen LogP contribution < -0.4 is 10.6 Å². The van der Waals surface area contributed by atoms with Crippen molar-refractivity contribution in [2.75, 3.05) is 17.3 Å². The molecule has 0 aliphatic carbocycles. The van der Waals surface area contributed by atoms with E-state index in [-0.39, 0.29) is 11.4 Å². The number of hydrogen-bond donors (Lipinski definition) is 2. The van der Waals surface area contributed by atoms with Crippen molar-refractivity contribution in [3.63, 3.8) is 0 Å². The van der Waals surface area contributed by atoms with Crippen molar-refractivity contribution in [2.24, 2.45) is 0 Å². The lowest BCUT2D eigenvalue weighted by Gasteiger charge is -2.18. The number of hydrogen-bond acceptors (Lipinski definition) is 3. The molecule has 25 heavy (non-hydrogen) atoms. The molecule has 0 aliphatic rings. The van der Waals surface area contributed by atoms with E-state index in [1.165, 1.54) is 24.5 Å². The minimum Gasteiger partial charge on any atom is -0.340 e. The maximum absolute atomic E-state index is 13.7. The van der Waals surface area contributed by atoms with Gasteiger partial charge in [-0.3, -0.25) is 13.8 Å². The first-order valence-corrected chi connectivity index (χ1v) is 9.80. The van der Waals surface area contributed by atoms with E-state index in [0.29, 0.717) is 4.47 Å². The van der Waals surface area contributed by atoms with Crippen LogP contribution in [0.1, 0.15) is 11.6 Å². The number of halogens is 2. The number of rotatable bonds is 5. The van der Waals surface area contributed by atoms with E-state index in [1.54, 1.807) is 24.3 Å². The Hall–Kier alpha value is -2.06. The van der Waals surface area contributed by atoms with Gasteiger partial charge in [-0.1, -0.05) is 46.3 Å². The predicted molar refractivity (Wildman–Crippen MR) is 99.0 cm³/mol. The zero-order valence-electron chi connectivity index (χ0n) is 13.3. The van der Waals surface area contributed by atoms with Gasteiger partial charge in [-0.05, 0) is 23.8 Å². The third kappa shape index (κ3) is 5.75. The van der Waals surface area contributed by atoms with E-state index < -0.39 is 34.5 Å². The van der Waals surface area contributed by atoms with Gasteiger partial charge in [0.1, 0.15) is 5.82 Å². The largest absolute Gasteiger partial charge is 0.340 e. The SMILES string of the molecule is C[S@@](=O)C[C@@H](NC(=O)C(=O)Nc1cc(Br)ccc1F)c1ccccc1. The number of nitrogens with one attached hydrogen (secondary N) is 2. The molecule has 0 fully saturated rings. The number of benzene rings is 2. The van der Waals surface area contributed by atoms with Gasteiger partial charge >= 0.3 is 11.8 Å². The molecule has 2 aromatic carbocycles. The zero-order valence-corrected chi connectivity index (χ0v) is 15.7. The van der Waals surface area contributed by atoms with Crippen LogP contribution >= 0.6 is 15.9 Å². The normalized spacial score (nSPS) is 12.9. The minimum absolute atomic E-state index is 0.107. The second kappa shape index (κ2) is 8.87. The van der Waals surface area contributed by atoms with Gasteiger partial charge in [-0.25, -0.2) is 4.39 Å². The monoisotopic (exact) mass is 426 g/mol. The summed E-state index contributed by atoms with van der Waals surface area (Å²) in [5.41, 5.74) is 0.623. The van der Waals surface area contributed by atoms with Crippen LogP contribution in [-0.4, -0.2) is 28.0 Å². The smallest absolute Gasteiger partial charge is 0.313 e. The highest BCUT2D eigenvalue weighted by molar-refractivity contribution is 9.10. The topological polar surface area (TPSA) is 75.3 Å². The summed E-state index contributed by atoms with van der Waals surface area (Å²) in [6, 6.07) is 12.3. The van der Waals surface area contributed by atoms with Crippen LogP contribution in [-0.2, 0) is 20.4 Å². The molecule has 132 valence electrons.